The number of carbonyl (C=O) groups is 1. The second-order valence-electron chi connectivity index (χ2n) is 8.01. The standard InChI is InChI=1S/C24H30N4O6/c1-31-18-8-5-12(9-17(18)26-24(30)15(25)11-29)21-20-14-10-19(32-2)23(34-4)22(33-3)13(14)6-7-16(20)27-28-21/h5,8-10,15-16,27-29H,6-7,11,25H2,1-4H3,(H,26,30)/t15-,16?/m0/s1. The first kappa shape index (κ1) is 23.7. The van der Waals surface area contributed by atoms with Gasteiger partial charge in [0.15, 0.2) is 11.5 Å². The summed E-state index contributed by atoms with van der Waals surface area (Å²) in [6.45, 7) is -0.458. The largest absolute Gasteiger partial charge is 0.495 e. The van der Waals surface area contributed by atoms with Gasteiger partial charge in [-0.25, -0.2) is 5.43 Å². The maximum absolute atomic E-state index is 12.3. The van der Waals surface area contributed by atoms with Gasteiger partial charge in [0.2, 0.25) is 11.7 Å². The molecular weight excluding hydrogens is 440 g/mol. The normalized spacial score (nSPS) is 17.3. The summed E-state index contributed by atoms with van der Waals surface area (Å²) in [6.07, 6.45) is 1.66. The number of aliphatic hydroxyl groups is 1. The molecule has 0 saturated heterocycles. The Labute approximate surface area is 198 Å². The van der Waals surface area contributed by atoms with Crippen molar-refractivity contribution >= 4 is 22.9 Å². The van der Waals surface area contributed by atoms with Crippen molar-refractivity contribution in [3.05, 3.63) is 41.0 Å². The minimum absolute atomic E-state index is 0.0771. The molecule has 0 radical (unpaired) electrons. The van der Waals surface area contributed by atoms with Gasteiger partial charge in [-0.15, -0.1) is 0 Å². The van der Waals surface area contributed by atoms with E-state index in [2.05, 4.69) is 16.2 Å². The number of methoxy groups -OCH3 is 4. The predicted molar refractivity (Wildman–Crippen MR) is 128 cm³/mol. The van der Waals surface area contributed by atoms with Gasteiger partial charge in [-0.2, -0.15) is 0 Å². The Morgan fingerprint density at radius 2 is 1.85 bits per heavy atom. The third-order valence-electron chi connectivity index (χ3n) is 6.17. The molecule has 2 aromatic rings. The zero-order valence-corrected chi connectivity index (χ0v) is 19.7. The Balaban J connectivity index is 1.85. The van der Waals surface area contributed by atoms with Crippen LogP contribution in [0.15, 0.2) is 24.3 Å². The number of hydrogen-bond acceptors (Lipinski definition) is 9. The van der Waals surface area contributed by atoms with Crippen molar-refractivity contribution in [3.63, 3.8) is 0 Å². The SMILES string of the molecule is COc1ccc(C2=C3c4cc(OC)c(OC)c(OC)c4CCC3NN2)cc1NC(=O)[C@@H](N)CO. The average molecular weight is 471 g/mol. The Morgan fingerprint density at radius 3 is 2.50 bits per heavy atom. The molecule has 2 atom stereocenters. The molecule has 1 amide bonds. The van der Waals surface area contributed by atoms with E-state index in [1.54, 1.807) is 27.4 Å². The lowest BCUT2D eigenvalue weighted by atomic mass is 9.82. The molecule has 0 fully saturated rings. The second kappa shape index (κ2) is 9.80. The number of benzene rings is 2. The summed E-state index contributed by atoms with van der Waals surface area (Å²) >= 11 is 0. The van der Waals surface area contributed by atoms with E-state index in [-0.39, 0.29) is 6.04 Å². The molecule has 0 bridgehead atoms. The van der Waals surface area contributed by atoms with Crippen LogP contribution >= 0.6 is 0 Å². The summed E-state index contributed by atoms with van der Waals surface area (Å²) in [5.74, 6) is 1.79. The summed E-state index contributed by atoms with van der Waals surface area (Å²) in [7, 11) is 6.34. The van der Waals surface area contributed by atoms with Gasteiger partial charge in [0, 0.05) is 16.7 Å². The Bertz CT molecular complexity index is 1130. The van der Waals surface area contributed by atoms with Crippen LogP contribution in [0.25, 0.3) is 11.3 Å². The molecule has 0 aromatic heterocycles. The summed E-state index contributed by atoms with van der Waals surface area (Å²) in [5.41, 5.74) is 17.6. The van der Waals surface area contributed by atoms with Crippen LogP contribution in [-0.2, 0) is 11.2 Å². The number of fused-ring (bicyclic) bond motifs is 3. The average Bonchev–Trinajstić information content (AvgIpc) is 3.31. The monoisotopic (exact) mass is 470 g/mol. The fraction of sp³-hybridized carbons (Fsp3) is 0.375. The molecular formula is C24H30N4O6. The van der Waals surface area contributed by atoms with Gasteiger partial charge in [-0.3, -0.25) is 4.79 Å². The molecule has 2 aromatic carbocycles. The predicted octanol–water partition coefficient (Wildman–Crippen LogP) is 1.27. The molecule has 10 nitrogen and oxygen atoms in total. The number of nitrogens with one attached hydrogen (secondary N) is 3. The van der Waals surface area contributed by atoms with Gasteiger partial charge in [0.05, 0.1) is 52.5 Å². The molecule has 6 N–H and O–H groups in total. The van der Waals surface area contributed by atoms with Crippen LogP contribution in [0, 0.1) is 0 Å². The van der Waals surface area contributed by atoms with Crippen molar-refractivity contribution in [1.82, 2.24) is 10.9 Å². The molecule has 1 aliphatic heterocycles. The van der Waals surface area contributed by atoms with Crippen molar-refractivity contribution in [3.8, 4) is 23.0 Å². The fourth-order valence-corrected chi connectivity index (χ4v) is 4.50. The third kappa shape index (κ3) is 4.00. The van der Waals surface area contributed by atoms with Crippen molar-refractivity contribution in [2.75, 3.05) is 40.4 Å². The van der Waals surface area contributed by atoms with Crippen LogP contribution < -0.4 is 40.8 Å². The highest BCUT2D eigenvalue weighted by Crippen LogP contribution is 2.49. The van der Waals surface area contributed by atoms with Crippen LogP contribution in [0.2, 0.25) is 0 Å². The van der Waals surface area contributed by atoms with Crippen molar-refractivity contribution in [1.29, 1.82) is 0 Å². The zero-order chi connectivity index (χ0) is 24.4. The van der Waals surface area contributed by atoms with Gasteiger partial charge < -0.3 is 40.5 Å². The number of anilines is 1. The number of nitrogens with two attached hydrogens (primary N) is 1. The van der Waals surface area contributed by atoms with E-state index < -0.39 is 18.6 Å². The number of amides is 1. The van der Waals surface area contributed by atoms with Crippen molar-refractivity contribution in [2.45, 2.75) is 24.9 Å². The van der Waals surface area contributed by atoms with Crippen LogP contribution in [0.4, 0.5) is 5.69 Å². The number of rotatable bonds is 8. The smallest absolute Gasteiger partial charge is 0.243 e. The molecule has 182 valence electrons. The maximum atomic E-state index is 12.3. The first-order valence-corrected chi connectivity index (χ1v) is 10.9. The van der Waals surface area contributed by atoms with Gasteiger partial charge in [-0.1, -0.05) is 0 Å². The second-order valence-corrected chi connectivity index (χ2v) is 8.01. The van der Waals surface area contributed by atoms with E-state index in [0.717, 1.165) is 40.8 Å². The molecule has 0 saturated carbocycles. The van der Waals surface area contributed by atoms with Gasteiger partial charge in [0.1, 0.15) is 11.8 Å². The van der Waals surface area contributed by atoms with Crippen LogP contribution in [0.3, 0.4) is 0 Å². The highest BCUT2D eigenvalue weighted by Gasteiger charge is 2.35. The van der Waals surface area contributed by atoms with Gasteiger partial charge >= 0.3 is 0 Å². The van der Waals surface area contributed by atoms with Crippen molar-refractivity contribution in [2.24, 2.45) is 5.73 Å². The van der Waals surface area contributed by atoms with Crippen LogP contribution in [0.1, 0.15) is 23.1 Å². The number of ether oxygens (including phenoxy) is 4. The minimum Gasteiger partial charge on any atom is -0.495 e. The molecule has 1 heterocycles. The van der Waals surface area contributed by atoms with Crippen LogP contribution in [-0.4, -0.2) is 58.1 Å². The lowest BCUT2D eigenvalue weighted by Gasteiger charge is -2.27. The van der Waals surface area contributed by atoms with Crippen LogP contribution in [0.5, 0.6) is 23.0 Å². The Kier molecular flexibility index (Phi) is 6.82. The lowest BCUT2D eigenvalue weighted by Crippen LogP contribution is -2.38. The fourth-order valence-electron chi connectivity index (χ4n) is 4.50. The molecule has 1 aliphatic carbocycles. The summed E-state index contributed by atoms with van der Waals surface area (Å²) in [5, 5.41) is 12.0. The molecule has 4 rings (SSSR count). The van der Waals surface area contributed by atoms with E-state index in [1.165, 1.54) is 7.11 Å². The topological polar surface area (TPSA) is 136 Å². The minimum atomic E-state index is -1.04. The van der Waals surface area contributed by atoms with E-state index in [1.807, 2.05) is 18.2 Å². The highest BCUT2D eigenvalue weighted by atomic mass is 16.5. The van der Waals surface area contributed by atoms with E-state index >= 15 is 0 Å². The first-order valence-electron chi connectivity index (χ1n) is 10.9. The number of hydrazine groups is 1. The summed E-state index contributed by atoms with van der Waals surface area (Å²) < 4.78 is 22.3. The molecule has 2 aliphatic rings. The number of carbonyl (C=O) groups excluding carboxylic acids is 1. The Hall–Kier alpha value is -3.47. The first-order chi connectivity index (χ1) is 16.5. The highest BCUT2D eigenvalue weighted by molar-refractivity contribution is 5.99. The van der Waals surface area contributed by atoms with Gasteiger partial charge in [-0.05, 0) is 42.7 Å². The van der Waals surface area contributed by atoms with Gasteiger partial charge in [0.25, 0.3) is 0 Å². The molecule has 0 spiro atoms. The van der Waals surface area contributed by atoms with E-state index in [0.29, 0.717) is 28.7 Å². The molecule has 1 unspecified atom stereocenters. The number of hydrogen-bond donors (Lipinski definition) is 5. The van der Waals surface area contributed by atoms with Crippen molar-refractivity contribution < 1.29 is 28.8 Å². The lowest BCUT2D eigenvalue weighted by molar-refractivity contribution is -0.118. The molecule has 10 heteroatoms. The summed E-state index contributed by atoms with van der Waals surface area (Å²) in [4.78, 5) is 12.3. The zero-order valence-electron chi connectivity index (χ0n) is 19.7. The third-order valence-corrected chi connectivity index (χ3v) is 6.17. The quantitative estimate of drug-likeness (QED) is 0.386. The maximum Gasteiger partial charge on any atom is 0.243 e. The molecule has 34 heavy (non-hydrogen) atoms. The van der Waals surface area contributed by atoms with E-state index in [4.69, 9.17) is 24.7 Å². The Morgan fingerprint density at radius 1 is 1.12 bits per heavy atom. The number of aliphatic hydroxyl groups excluding tert-OH is 1. The summed E-state index contributed by atoms with van der Waals surface area (Å²) in [6, 6.07) is 6.51. The van der Waals surface area contributed by atoms with E-state index in [9.17, 15) is 9.90 Å².